The van der Waals surface area contributed by atoms with Crippen LogP contribution in [0.15, 0.2) is 24.4 Å². The molecule has 0 bridgehead atoms. The molecule has 0 aliphatic rings. The standard InChI is InChI=1S/C13H9F3N/c1-2-8-3-9(5-10(14)4-8)13-12(16)6-11(15)7-17-13/h3,5-7H,2H2,1H3. The van der Waals surface area contributed by atoms with Crippen molar-refractivity contribution in [1.82, 2.24) is 4.98 Å². The largest absolute Gasteiger partial charge is 0.250 e. The maximum absolute atomic E-state index is 13.5. The maximum atomic E-state index is 13.5. The van der Waals surface area contributed by atoms with Crippen molar-refractivity contribution >= 4 is 0 Å². The summed E-state index contributed by atoms with van der Waals surface area (Å²) in [5.74, 6) is -2.15. The molecule has 1 aromatic carbocycles. The third-order valence-electron chi connectivity index (χ3n) is 2.35. The lowest BCUT2D eigenvalue weighted by Crippen LogP contribution is -1.94. The number of pyridine rings is 1. The predicted molar refractivity (Wildman–Crippen MR) is 57.8 cm³/mol. The minimum atomic E-state index is -0.808. The summed E-state index contributed by atoms with van der Waals surface area (Å²) in [5.41, 5.74) is 0.843. The second-order valence-electron chi connectivity index (χ2n) is 3.58. The Morgan fingerprint density at radius 1 is 1.18 bits per heavy atom. The first kappa shape index (κ1) is 11.6. The van der Waals surface area contributed by atoms with E-state index in [-0.39, 0.29) is 11.3 Å². The molecular weight excluding hydrogens is 227 g/mol. The fraction of sp³-hybridized carbons (Fsp3) is 0.154. The summed E-state index contributed by atoms with van der Waals surface area (Å²) < 4.78 is 39.4. The molecule has 0 spiro atoms. The lowest BCUT2D eigenvalue weighted by atomic mass is 10.1. The van der Waals surface area contributed by atoms with Crippen molar-refractivity contribution in [2.45, 2.75) is 13.3 Å². The van der Waals surface area contributed by atoms with Crippen LogP contribution in [0.2, 0.25) is 0 Å². The molecule has 1 heterocycles. The van der Waals surface area contributed by atoms with Crippen LogP contribution in [0.1, 0.15) is 12.5 Å². The smallest absolute Gasteiger partial charge is 0.152 e. The van der Waals surface area contributed by atoms with Crippen LogP contribution >= 0.6 is 0 Å². The zero-order chi connectivity index (χ0) is 12.4. The molecule has 2 aromatic rings. The lowest BCUT2D eigenvalue weighted by Gasteiger charge is -2.05. The number of hydrogen-bond donors (Lipinski definition) is 0. The highest BCUT2D eigenvalue weighted by molar-refractivity contribution is 5.60. The monoisotopic (exact) mass is 236 g/mol. The molecule has 0 fully saturated rings. The second-order valence-corrected chi connectivity index (χ2v) is 3.58. The quantitative estimate of drug-likeness (QED) is 0.777. The van der Waals surface area contributed by atoms with E-state index in [0.29, 0.717) is 12.0 Å². The minimum Gasteiger partial charge on any atom is -0.250 e. The third-order valence-corrected chi connectivity index (χ3v) is 2.35. The Bertz CT molecular complexity index is 552. The van der Waals surface area contributed by atoms with Crippen LogP contribution < -0.4 is 0 Å². The normalized spacial score (nSPS) is 10.6. The molecule has 4 heteroatoms. The van der Waals surface area contributed by atoms with Gasteiger partial charge in [-0.2, -0.15) is 0 Å². The number of rotatable bonds is 2. The first-order chi connectivity index (χ1) is 8.10. The Hall–Kier alpha value is -1.84. The third kappa shape index (κ3) is 2.46. The Kier molecular flexibility index (Phi) is 3.13. The summed E-state index contributed by atoms with van der Waals surface area (Å²) in [6.45, 7) is 1.84. The van der Waals surface area contributed by atoms with Gasteiger partial charge in [0.1, 0.15) is 17.3 Å². The van der Waals surface area contributed by atoms with E-state index in [0.717, 1.165) is 18.3 Å². The summed E-state index contributed by atoms with van der Waals surface area (Å²) in [5, 5.41) is 0. The van der Waals surface area contributed by atoms with Gasteiger partial charge in [-0.1, -0.05) is 6.92 Å². The van der Waals surface area contributed by atoms with Crippen LogP contribution in [0.3, 0.4) is 0 Å². The van der Waals surface area contributed by atoms with Crippen molar-refractivity contribution in [3.8, 4) is 11.3 Å². The SMILES string of the molecule is CCc1[c]c(F)cc(-c2ncc(F)cc2F)c1. The van der Waals surface area contributed by atoms with Crippen molar-refractivity contribution in [2.75, 3.05) is 0 Å². The van der Waals surface area contributed by atoms with E-state index in [2.05, 4.69) is 11.1 Å². The molecular formula is C13H9F3N. The molecule has 87 valence electrons. The zero-order valence-electron chi connectivity index (χ0n) is 9.10. The van der Waals surface area contributed by atoms with E-state index >= 15 is 0 Å². The Labute approximate surface area is 96.9 Å². The summed E-state index contributed by atoms with van der Waals surface area (Å²) in [4.78, 5) is 3.63. The molecule has 0 unspecified atom stereocenters. The molecule has 0 amide bonds. The van der Waals surface area contributed by atoms with Crippen LogP contribution in [0.25, 0.3) is 11.3 Å². The van der Waals surface area contributed by atoms with E-state index in [1.807, 2.05) is 6.92 Å². The minimum absolute atomic E-state index is 0.0611. The summed E-state index contributed by atoms with van der Waals surface area (Å²) in [6, 6.07) is 5.95. The van der Waals surface area contributed by atoms with Crippen molar-refractivity contribution in [2.24, 2.45) is 0 Å². The predicted octanol–water partition coefficient (Wildman–Crippen LogP) is 3.53. The van der Waals surface area contributed by atoms with E-state index < -0.39 is 17.5 Å². The molecule has 0 saturated carbocycles. The number of nitrogens with zero attached hydrogens (tertiary/aromatic N) is 1. The molecule has 1 aromatic heterocycles. The van der Waals surface area contributed by atoms with E-state index in [1.165, 1.54) is 0 Å². The van der Waals surface area contributed by atoms with Gasteiger partial charge in [0.05, 0.1) is 6.20 Å². The molecule has 0 aliphatic heterocycles. The van der Waals surface area contributed by atoms with Crippen LogP contribution in [-0.4, -0.2) is 4.98 Å². The first-order valence-corrected chi connectivity index (χ1v) is 5.13. The van der Waals surface area contributed by atoms with E-state index in [9.17, 15) is 13.2 Å². The van der Waals surface area contributed by atoms with Crippen molar-refractivity contribution in [3.05, 3.63) is 53.5 Å². The van der Waals surface area contributed by atoms with Crippen LogP contribution in [0, 0.1) is 23.5 Å². The molecule has 0 N–H and O–H groups in total. The van der Waals surface area contributed by atoms with Gasteiger partial charge < -0.3 is 0 Å². The number of benzene rings is 1. The lowest BCUT2D eigenvalue weighted by molar-refractivity contribution is 0.576. The Morgan fingerprint density at radius 2 is 1.94 bits per heavy atom. The Balaban J connectivity index is 2.55. The van der Waals surface area contributed by atoms with Gasteiger partial charge in [-0.05, 0) is 24.1 Å². The maximum Gasteiger partial charge on any atom is 0.152 e. The van der Waals surface area contributed by atoms with Crippen LogP contribution in [-0.2, 0) is 6.42 Å². The Morgan fingerprint density at radius 3 is 2.59 bits per heavy atom. The number of halogens is 3. The second kappa shape index (κ2) is 4.57. The molecule has 1 radical (unpaired) electrons. The van der Waals surface area contributed by atoms with Gasteiger partial charge in [-0.25, -0.2) is 13.2 Å². The highest BCUT2D eigenvalue weighted by atomic mass is 19.1. The van der Waals surface area contributed by atoms with Crippen molar-refractivity contribution in [1.29, 1.82) is 0 Å². The average molecular weight is 236 g/mol. The molecule has 0 aliphatic carbocycles. The average Bonchev–Trinajstić information content (AvgIpc) is 2.28. The van der Waals surface area contributed by atoms with E-state index in [1.54, 1.807) is 6.07 Å². The summed E-state index contributed by atoms with van der Waals surface area (Å²) in [7, 11) is 0. The van der Waals surface area contributed by atoms with Gasteiger partial charge in [-0.3, -0.25) is 4.98 Å². The number of hydrogen-bond acceptors (Lipinski definition) is 1. The zero-order valence-corrected chi connectivity index (χ0v) is 9.10. The fourth-order valence-electron chi connectivity index (χ4n) is 1.55. The number of aryl methyl sites for hydroxylation is 1. The molecule has 0 saturated heterocycles. The molecule has 17 heavy (non-hydrogen) atoms. The van der Waals surface area contributed by atoms with Gasteiger partial charge in [0.2, 0.25) is 0 Å². The van der Waals surface area contributed by atoms with Crippen LogP contribution in [0.5, 0.6) is 0 Å². The van der Waals surface area contributed by atoms with Gasteiger partial charge in [0.25, 0.3) is 0 Å². The number of aromatic nitrogens is 1. The summed E-state index contributed by atoms with van der Waals surface area (Å²) >= 11 is 0. The molecule has 2 rings (SSSR count). The van der Waals surface area contributed by atoms with Crippen molar-refractivity contribution < 1.29 is 13.2 Å². The van der Waals surface area contributed by atoms with Crippen LogP contribution in [0.4, 0.5) is 13.2 Å². The topological polar surface area (TPSA) is 12.9 Å². The van der Waals surface area contributed by atoms with E-state index in [4.69, 9.17) is 0 Å². The fourth-order valence-corrected chi connectivity index (χ4v) is 1.55. The first-order valence-electron chi connectivity index (χ1n) is 5.13. The molecule has 0 atom stereocenters. The van der Waals surface area contributed by atoms with Gasteiger partial charge in [0.15, 0.2) is 5.82 Å². The highest BCUT2D eigenvalue weighted by Gasteiger charge is 2.10. The molecule has 1 nitrogen and oxygen atoms in total. The van der Waals surface area contributed by atoms with Crippen molar-refractivity contribution in [3.63, 3.8) is 0 Å². The summed E-state index contributed by atoms with van der Waals surface area (Å²) in [6.07, 6.45) is 1.48. The van der Waals surface area contributed by atoms with Gasteiger partial charge in [0, 0.05) is 17.7 Å². The highest BCUT2D eigenvalue weighted by Crippen LogP contribution is 2.23. The van der Waals surface area contributed by atoms with Gasteiger partial charge in [-0.15, -0.1) is 0 Å². The van der Waals surface area contributed by atoms with Gasteiger partial charge >= 0.3 is 0 Å².